The molecule has 0 saturated carbocycles. The number of hydrogen-bond acceptors (Lipinski definition) is 4. The van der Waals surface area contributed by atoms with Crippen LogP contribution in [0.25, 0.3) is 0 Å². The van der Waals surface area contributed by atoms with Gasteiger partial charge in [-0.15, -0.1) is 0 Å². The van der Waals surface area contributed by atoms with Crippen molar-refractivity contribution in [2.75, 3.05) is 32.6 Å². The number of amides is 1. The van der Waals surface area contributed by atoms with Crippen LogP contribution in [0.3, 0.4) is 0 Å². The van der Waals surface area contributed by atoms with Gasteiger partial charge in [0.25, 0.3) is 0 Å². The molecule has 0 fully saturated rings. The van der Waals surface area contributed by atoms with Crippen LogP contribution in [-0.4, -0.2) is 47.8 Å². The summed E-state index contributed by atoms with van der Waals surface area (Å²) in [5.41, 5.74) is 4.16. The van der Waals surface area contributed by atoms with E-state index in [1.807, 2.05) is 31.2 Å². The van der Waals surface area contributed by atoms with Crippen LogP contribution < -0.4 is 10.1 Å². The second kappa shape index (κ2) is 11.0. The zero-order valence-electron chi connectivity index (χ0n) is 18.8. The van der Waals surface area contributed by atoms with Crippen LogP contribution in [0.2, 0.25) is 0 Å². The molecule has 1 heterocycles. The lowest BCUT2D eigenvalue weighted by Gasteiger charge is -2.11. The fraction of sp³-hybridized carbons (Fsp3) is 0.565. The normalized spacial score (nSPS) is 11.3. The number of anilines is 1. The van der Waals surface area contributed by atoms with Crippen LogP contribution >= 0.6 is 0 Å². The number of aryl methyl sites for hydroxylation is 1. The highest BCUT2D eigenvalue weighted by Crippen LogP contribution is 2.19. The molecule has 0 unspecified atom stereocenters. The minimum Gasteiger partial charge on any atom is -0.494 e. The summed E-state index contributed by atoms with van der Waals surface area (Å²) in [6, 6.07) is 7.57. The van der Waals surface area contributed by atoms with Crippen LogP contribution in [0.4, 0.5) is 5.69 Å². The molecule has 6 heteroatoms. The first-order valence-corrected chi connectivity index (χ1v) is 10.5. The minimum absolute atomic E-state index is 0.0139. The van der Waals surface area contributed by atoms with Gasteiger partial charge in [-0.3, -0.25) is 9.48 Å². The van der Waals surface area contributed by atoms with E-state index in [1.54, 1.807) is 0 Å². The predicted octanol–water partition coefficient (Wildman–Crippen LogP) is 4.06. The van der Waals surface area contributed by atoms with Crippen molar-refractivity contribution in [2.24, 2.45) is 5.92 Å². The van der Waals surface area contributed by atoms with Crippen molar-refractivity contribution < 1.29 is 9.53 Å². The number of rotatable bonds is 11. The van der Waals surface area contributed by atoms with Crippen LogP contribution in [0, 0.1) is 19.8 Å². The molecule has 1 aromatic carbocycles. The lowest BCUT2D eigenvalue weighted by atomic mass is 10.1. The highest BCUT2D eigenvalue weighted by atomic mass is 16.5. The molecular formula is C23H36N4O2. The summed E-state index contributed by atoms with van der Waals surface area (Å²) in [6.07, 6.45) is 2.13. The molecule has 29 heavy (non-hydrogen) atoms. The summed E-state index contributed by atoms with van der Waals surface area (Å²) in [5.74, 6) is 1.38. The fourth-order valence-corrected chi connectivity index (χ4v) is 3.29. The number of benzene rings is 1. The maximum atomic E-state index is 12.4. The molecular weight excluding hydrogens is 364 g/mol. The van der Waals surface area contributed by atoms with E-state index in [2.05, 4.69) is 54.9 Å². The average molecular weight is 401 g/mol. The van der Waals surface area contributed by atoms with E-state index in [1.165, 1.54) is 11.3 Å². The van der Waals surface area contributed by atoms with Gasteiger partial charge in [-0.1, -0.05) is 13.8 Å². The summed E-state index contributed by atoms with van der Waals surface area (Å²) >= 11 is 0. The van der Waals surface area contributed by atoms with E-state index in [-0.39, 0.29) is 5.91 Å². The number of hydrogen-bond donors (Lipinski definition) is 1. The molecule has 1 aromatic heterocycles. The Kier molecular flexibility index (Phi) is 8.70. The van der Waals surface area contributed by atoms with Gasteiger partial charge in [-0.25, -0.2) is 0 Å². The Hall–Kier alpha value is -2.34. The molecule has 0 radical (unpaired) electrons. The van der Waals surface area contributed by atoms with Crippen molar-refractivity contribution in [1.29, 1.82) is 0 Å². The number of aromatic nitrogens is 2. The van der Waals surface area contributed by atoms with Crippen LogP contribution in [0.1, 0.15) is 43.6 Å². The Morgan fingerprint density at radius 1 is 1.21 bits per heavy atom. The summed E-state index contributed by atoms with van der Waals surface area (Å²) in [6.45, 7) is 11.1. The first kappa shape index (κ1) is 22.9. The highest BCUT2D eigenvalue weighted by Gasteiger charge is 2.14. The van der Waals surface area contributed by atoms with E-state index < -0.39 is 0 Å². The number of ether oxygens (including phenoxy) is 1. The molecule has 0 aliphatic rings. The Balaban J connectivity index is 1.81. The topological polar surface area (TPSA) is 59.4 Å². The van der Waals surface area contributed by atoms with E-state index in [0.717, 1.165) is 36.6 Å². The Labute approximate surface area is 175 Å². The molecule has 2 aromatic rings. The van der Waals surface area contributed by atoms with Crippen molar-refractivity contribution in [2.45, 2.75) is 53.5 Å². The number of nitrogens with zero attached hydrogens (tertiary/aromatic N) is 3. The lowest BCUT2D eigenvalue weighted by Crippen LogP contribution is -2.15. The molecule has 2 rings (SSSR count). The van der Waals surface area contributed by atoms with Gasteiger partial charge in [-0.2, -0.15) is 5.10 Å². The summed E-state index contributed by atoms with van der Waals surface area (Å²) in [7, 11) is 4.11. The van der Waals surface area contributed by atoms with Gasteiger partial charge in [0.2, 0.25) is 5.91 Å². The number of carbonyl (C=O) groups is 1. The van der Waals surface area contributed by atoms with Gasteiger partial charge < -0.3 is 15.0 Å². The zero-order chi connectivity index (χ0) is 21.4. The van der Waals surface area contributed by atoms with Gasteiger partial charge >= 0.3 is 0 Å². The fourth-order valence-electron chi connectivity index (χ4n) is 3.29. The number of nitrogens with one attached hydrogen (secondary N) is 1. The first-order chi connectivity index (χ1) is 13.8. The lowest BCUT2D eigenvalue weighted by molar-refractivity contribution is -0.116. The van der Waals surface area contributed by atoms with Crippen LogP contribution in [0.15, 0.2) is 24.3 Å². The number of carbonyl (C=O) groups excluding carboxylic acids is 1. The standard InChI is InChI=1S/C23H36N4O2/c1-17(2)16-27-19(4)22(18(3)25-27)12-13-23(28)24-20-8-10-21(11-9-20)29-15-7-14-26(5)6/h8-11,17H,7,12-16H2,1-6H3,(H,24,28). The zero-order valence-corrected chi connectivity index (χ0v) is 18.8. The van der Waals surface area contributed by atoms with E-state index in [9.17, 15) is 4.79 Å². The first-order valence-electron chi connectivity index (χ1n) is 10.5. The third kappa shape index (κ3) is 7.54. The van der Waals surface area contributed by atoms with Gasteiger partial charge in [-0.05, 0) is 76.5 Å². The highest BCUT2D eigenvalue weighted by molar-refractivity contribution is 5.90. The monoisotopic (exact) mass is 400 g/mol. The second-order valence-electron chi connectivity index (χ2n) is 8.30. The second-order valence-corrected chi connectivity index (χ2v) is 8.30. The molecule has 0 saturated heterocycles. The smallest absolute Gasteiger partial charge is 0.224 e. The molecule has 0 spiro atoms. The van der Waals surface area contributed by atoms with Crippen molar-refractivity contribution >= 4 is 11.6 Å². The third-order valence-corrected chi connectivity index (χ3v) is 4.83. The Morgan fingerprint density at radius 2 is 1.90 bits per heavy atom. The molecule has 1 amide bonds. The minimum atomic E-state index is 0.0139. The Morgan fingerprint density at radius 3 is 2.52 bits per heavy atom. The van der Waals surface area contributed by atoms with Gasteiger partial charge in [0.1, 0.15) is 5.75 Å². The maximum Gasteiger partial charge on any atom is 0.224 e. The van der Waals surface area contributed by atoms with E-state index in [0.29, 0.717) is 25.4 Å². The van der Waals surface area contributed by atoms with Gasteiger partial charge in [0.15, 0.2) is 0 Å². The SMILES string of the molecule is Cc1nn(CC(C)C)c(C)c1CCC(=O)Nc1ccc(OCCCN(C)C)cc1. The molecule has 1 N–H and O–H groups in total. The predicted molar refractivity (Wildman–Crippen MR) is 119 cm³/mol. The van der Waals surface area contributed by atoms with Crippen molar-refractivity contribution in [1.82, 2.24) is 14.7 Å². The molecule has 0 aliphatic carbocycles. The van der Waals surface area contributed by atoms with Gasteiger partial charge in [0, 0.05) is 30.9 Å². The van der Waals surface area contributed by atoms with Crippen LogP contribution in [-0.2, 0) is 17.8 Å². The molecule has 0 atom stereocenters. The van der Waals surface area contributed by atoms with E-state index in [4.69, 9.17) is 4.74 Å². The largest absolute Gasteiger partial charge is 0.494 e. The van der Waals surface area contributed by atoms with Gasteiger partial charge in [0.05, 0.1) is 12.3 Å². The van der Waals surface area contributed by atoms with Crippen molar-refractivity contribution in [3.8, 4) is 5.75 Å². The summed E-state index contributed by atoms with van der Waals surface area (Å²) < 4.78 is 7.79. The maximum absolute atomic E-state index is 12.4. The van der Waals surface area contributed by atoms with Crippen LogP contribution in [0.5, 0.6) is 5.75 Å². The molecule has 160 valence electrons. The van der Waals surface area contributed by atoms with Crippen molar-refractivity contribution in [3.63, 3.8) is 0 Å². The quantitative estimate of drug-likeness (QED) is 0.578. The Bertz CT molecular complexity index is 779. The molecule has 0 aliphatic heterocycles. The third-order valence-electron chi connectivity index (χ3n) is 4.83. The average Bonchev–Trinajstić information content (AvgIpc) is 2.90. The molecule has 6 nitrogen and oxygen atoms in total. The summed E-state index contributed by atoms with van der Waals surface area (Å²) in [5, 5.41) is 7.60. The van der Waals surface area contributed by atoms with E-state index >= 15 is 0 Å². The summed E-state index contributed by atoms with van der Waals surface area (Å²) in [4.78, 5) is 14.5. The molecule has 0 bridgehead atoms. The van der Waals surface area contributed by atoms with Crippen molar-refractivity contribution in [3.05, 3.63) is 41.2 Å².